The molecule has 2 aliphatic heterocycles. The quantitative estimate of drug-likeness (QED) is 0.647. The number of nitrogens with zero attached hydrogens (tertiary/aromatic N) is 2. The van der Waals surface area contributed by atoms with E-state index in [1.54, 1.807) is 24.3 Å². The number of halogens is 1. The van der Waals surface area contributed by atoms with Crippen molar-refractivity contribution in [3.63, 3.8) is 0 Å². The molecule has 23 heavy (non-hydrogen) atoms. The summed E-state index contributed by atoms with van der Waals surface area (Å²) < 4.78 is 5.23. The van der Waals surface area contributed by atoms with Crippen LogP contribution in [0.4, 0.5) is 10.5 Å². The summed E-state index contributed by atoms with van der Waals surface area (Å²) in [6, 6.07) is 5.45. The van der Waals surface area contributed by atoms with E-state index in [0.717, 1.165) is 4.90 Å². The van der Waals surface area contributed by atoms with Crippen molar-refractivity contribution >= 4 is 35.1 Å². The molecule has 0 unspecified atom stereocenters. The molecule has 3 rings (SSSR count). The standard InChI is InChI=1S/C15H14ClN3O4/c16-10-1-3-11(4-2-10)19-14(21)12(13(20)17-15(19)22)9-18-5-7-23-8-6-18/h1-4,9H,5-8H2,(H,17,20,22)/b12-9-. The predicted octanol–water partition coefficient (Wildman–Crippen LogP) is 1.14. The summed E-state index contributed by atoms with van der Waals surface area (Å²) in [6.45, 7) is 2.22. The Morgan fingerprint density at radius 3 is 2.39 bits per heavy atom. The summed E-state index contributed by atoms with van der Waals surface area (Å²) in [5.74, 6) is -1.36. The number of anilines is 1. The fraction of sp³-hybridized carbons (Fsp3) is 0.267. The Morgan fingerprint density at radius 1 is 1.09 bits per heavy atom. The van der Waals surface area contributed by atoms with Gasteiger partial charge in [-0.1, -0.05) is 11.6 Å². The van der Waals surface area contributed by atoms with Gasteiger partial charge in [-0.2, -0.15) is 0 Å². The predicted molar refractivity (Wildman–Crippen MR) is 83.0 cm³/mol. The zero-order chi connectivity index (χ0) is 16.4. The van der Waals surface area contributed by atoms with E-state index in [4.69, 9.17) is 16.3 Å². The van der Waals surface area contributed by atoms with E-state index in [-0.39, 0.29) is 5.57 Å². The molecule has 8 heteroatoms. The molecule has 0 aliphatic carbocycles. The van der Waals surface area contributed by atoms with Crippen LogP contribution in [-0.4, -0.2) is 49.0 Å². The number of hydrogen-bond donors (Lipinski definition) is 1. The monoisotopic (exact) mass is 335 g/mol. The molecule has 0 spiro atoms. The van der Waals surface area contributed by atoms with Gasteiger partial charge in [0, 0.05) is 24.3 Å². The van der Waals surface area contributed by atoms with E-state index < -0.39 is 17.8 Å². The number of rotatable bonds is 2. The van der Waals surface area contributed by atoms with E-state index in [1.807, 2.05) is 4.90 Å². The summed E-state index contributed by atoms with van der Waals surface area (Å²) in [6.07, 6.45) is 1.48. The smallest absolute Gasteiger partial charge is 0.335 e. The van der Waals surface area contributed by atoms with E-state index >= 15 is 0 Å². The summed E-state index contributed by atoms with van der Waals surface area (Å²) in [5, 5.41) is 2.67. The van der Waals surface area contributed by atoms with E-state index in [2.05, 4.69) is 5.32 Å². The molecule has 0 aromatic heterocycles. The highest BCUT2D eigenvalue weighted by molar-refractivity contribution is 6.37. The number of imide groups is 2. The molecular weight excluding hydrogens is 322 g/mol. The molecule has 4 amide bonds. The molecule has 1 N–H and O–H groups in total. The van der Waals surface area contributed by atoms with Crippen molar-refractivity contribution in [2.24, 2.45) is 0 Å². The molecule has 0 bridgehead atoms. The molecule has 2 fully saturated rings. The molecule has 0 saturated carbocycles. The van der Waals surface area contributed by atoms with Gasteiger partial charge in [0.15, 0.2) is 0 Å². The fourth-order valence-corrected chi connectivity index (χ4v) is 2.48. The minimum atomic E-state index is -0.776. The van der Waals surface area contributed by atoms with Crippen molar-refractivity contribution in [3.8, 4) is 0 Å². The first-order valence-electron chi connectivity index (χ1n) is 7.05. The lowest BCUT2D eigenvalue weighted by Crippen LogP contribution is -2.55. The molecule has 0 atom stereocenters. The second-order valence-corrected chi connectivity index (χ2v) is 5.50. The van der Waals surface area contributed by atoms with Crippen molar-refractivity contribution in [1.82, 2.24) is 10.2 Å². The van der Waals surface area contributed by atoms with Gasteiger partial charge < -0.3 is 9.64 Å². The Bertz CT molecular complexity index is 680. The second-order valence-electron chi connectivity index (χ2n) is 5.07. The maximum Gasteiger partial charge on any atom is 0.335 e. The highest BCUT2D eigenvalue weighted by Gasteiger charge is 2.37. The molecule has 2 heterocycles. The summed E-state index contributed by atoms with van der Waals surface area (Å²) >= 11 is 5.82. The van der Waals surface area contributed by atoms with Crippen LogP contribution in [-0.2, 0) is 14.3 Å². The Balaban J connectivity index is 1.90. The number of benzene rings is 1. The normalized spacial score (nSPS) is 20.9. The molecule has 120 valence electrons. The van der Waals surface area contributed by atoms with Gasteiger partial charge in [0.25, 0.3) is 11.8 Å². The average Bonchev–Trinajstić information content (AvgIpc) is 2.54. The highest BCUT2D eigenvalue weighted by Crippen LogP contribution is 2.22. The van der Waals surface area contributed by atoms with Crippen LogP contribution in [0, 0.1) is 0 Å². The number of carbonyl (C=O) groups excluding carboxylic acids is 3. The number of carbonyl (C=O) groups is 3. The Kier molecular flexibility index (Phi) is 4.31. The third-order valence-electron chi connectivity index (χ3n) is 3.54. The van der Waals surface area contributed by atoms with Gasteiger partial charge in [0.1, 0.15) is 5.57 Å². The fourth-order valence-electron chi connectivity index (χ4n) is 2.36. The largest absolute Gasteiger partial charge is 0.378 e. The minimum Gasteiger partial charge on any atom is -0.378 e. The van der Waals surface area contributed by atoms with Gasteiger partial charge in [-0.15, -0.1) is 0 Å². The maximum atomic E-state index is 12.6. The topological polar surface area (TPSA) is 79.0 Å². The van der Waals surface area contributed by atoms with Crippen molar-refractivity contribution in [3.05, 3.63) is 41.1 Å². The number of ether oxygens (including phenoxy) is 1. The number of nitrogens with one attached hydrogen (secondary N) is 1. The lowest BCUT2D eigenvalue weighted by atomic mass is 10.1. The average molecular weight is 336 g/mol. The first-order valence-corrected chi connectivity index (χ1v) is 7.43. The van der Waals surface area contributed by atoms with Crippen molar-refractivity contribution < 1.29 is 19.1 Å². The number of urea groups is 1. The SMILES string of the molecule is O=C1NC(=O)N(c2ccc(Cl)cc2)C(=O)/C1=C\N1CCOCC1. The summed E-state index contributed by atoms with van der Waals surface area (Å²) in [4.78, 5) is 39.3. The Hall–Kier alpha value is -2.38. The first kappa shape index (κ1) is 15.5. The van der Waals surface area contributed by atoms with Crippen molar-refractivity contribution in [1.29, 1.82) is 0 Å². The highest BCUT2D eigenvalue weighted by atomic mass is 35.5. The van der Waals surface area contributed by atoms with Gasteiger partial charge in [0.05, 0.1) is 18.9 Å². The van der Waals surface area contributed by atoms with Gasteiger partial charge >= 0.3 is 6.03 Å². The van der Waals surface area contributed by atoms with Crippen LogP contribution in [0.25, 0.3) is 0 Å². The van der Waals surface area contributed by atoms with Gasteiger partial charge in [-0.05, 0) is 24.3 Å². The molecule has 2 aliphatic rings. The van der Waals surface area contributed by atoms with Crippen LogP contribution in [0.15, 0.2) is 36.0 Å². The lowest BCUT2D eigenvalue weighted by molar-refractivity contribution is -0.122. The van der Waals surface area contributed by atoms with Crippen LogP contribution in [0.5, 0.6) is 0 Å². The van der Waals surface area contributed by atoms with Gasteiger partial charge in [0.2, 0.25) is 0 Å². The van der Waals surface area contributed by atoms with Crippen molar-refractivity contribution in [2.75, 3.05) is 31.2 Å². The third kappa shape index (κ3) is 3.20. The summed E-state index contributed by atoms with van der Waals surface area (Å²) in [7, 11) is 0. The van der Waals surface area contributed by atoms with Crippen LogP contribution in [0.3, 0.4) is 0 Å². The van der Waals surface area contributed by atoms with Crippen LogP contribution < -0.4 is 10.2 Å². The number of barbiturate groups is 1. The number of morpholine rings is 1. The maximum absolute atomic E-state index is 12.6. The van der Waals surface area contributed by atoms with E-state index in [9.17, 15) is 14.4 Å². The minimum absolute atomic E-state index is 0.0820. The molecule has 1 aromatic rings. The van der Waals surface area contributed by atoms with Crippen molar-refractivity contribution in [2.45, 2.75) is 0 Å². The Labute approximate surface area is 137 Å². The van der Waals surface area contributed by atoms with Gasteiger partial charge in [-0.25, -0.2) is 9.69 Å². The number of hydrogen-bond acceptors (Lipinski definition) is 5. The molecular formula is C15H14ClN3O4. The van der Waals surface area contributed by atoms with Gasteiger partial charge in [-0.3, -0.25) is 14.9 Å². The van der Waals surface area contributed by atoms with Crippen LogP contribution in [0.2, 0.25) is 5.02 Å². The second kappa shape index (κ2) is 6.39. The molecule has 1 aromatic carbocycles. The molecule has 0 radical (unpaired) electrons. The zero-order valence-electron chi connectivity index (χ0n) is 12.1. The Morgan fingerprint density at radius 2 is 1.74 bits per heavy atom. The molecule has 7 nitrogen and oxygen atoms in total. The van der Waals surface area contributed by atoms with E-state index in [1.165, 1.54) is 6.20 Å². The lowest BCUT2D eigenvalue weighted by Gasteiger charge is -2.29. The van der Waals surface area contributed by atoms with Crippen LogP contribution in [0.1, 0.15) is 0 Å². The van der Waals surface area contributed by atoms with Crippen LogP contribution >= 0.6 is 11.6 Å². The first-order chi connectivity index (χ1) is 11.1. The number of amides is 4. The molecule has 2 saturated heterocycles. The third-order valence-corrected chi connectivity index (χ3v) is 3.80. The van der Waals surface area contributed by atoms with E-state index in [0.29, 0.717) is 37.0 Å². The summed E-state index contributed by atoms with van der Waals surface area (Å²) in [5.41, 5.74) is 0.263. The zero-order valence-corrected chi connectivity index (χ0v) is 12.9.